The summed E-state index contributed by atoms with van der Waals surface area (Å²) in [7, 11) is 0. The van der Waals surface area contributed by atoms with Crippen molar-refractivity contribution in [3.63, 3.8) is 0 Å². The van der Waals surface area contributed by atoms with Gasteiger partial charge in [0.25, 0.3) is 0 Å². The second-order valence-electron chi connectivity index (χ2n) is 5.75. The van der Waals surface area contributed by atoms with E-state index in [1.165, 1.54) is 5.56 Å². The van der Waals surface area contributed by atoms with Gasteiger partial charge in [0.15, 0.2) is 11.5 Å². The average Bonchev–Trinajstić information content (AvgIpc) is 3.26. The van der Waals surface area contributed by atoms with Crippen molar-refractivity contribution in [2.24, 2.45) is 0 Å². The molecule has 22 heavy (non-hydrogen) atoms. The predicted molar refractivity (Wildman–Crippen MR) is 87.8 cm³/mol. The summed E-state index contributed by atoms with van der Waals surface area (Å²) in [6.07, 6.45) is 7.35. The lowest BCUT2D eigenvalue weighted by molar-refractivity contribution is 0.287. The monoisotopic (exact) mass is 300 g/mol. The Labute approximate surface area is 132 Å². The standard InChI is InChI=1S/C18H24N2O2/c1-4-7-10-20-17(19)13-11-15(21-5-2)16(22-6-3)12-14(13)18(20)8-9-18/h7,10-12,19H,4-6,8-9H2,1-3H3. The quantitative estimate of drug-likeness (QED) is 0.862. The molecule has 0 unspecified atom stereocenters. The maximum atomic E-state index is 8.54. The van der Waals surface area contributed by atoms with Crippen LogP contribution in [0.5, 0.6) is 11.5 Å². The molecule has 0 amide bonds. The van der Waals surface area contributed by atoms with Crippen LogP contribution in [0.2, 0.25) is 0 Å². The molecule has 1 saturated carbocycles. The van der Waals surface area contributed by atoms with Gasteiger partial charge in [-0.3, -0.25) is 5.41 Å². The minimum absolute atomic E-state index is 0.0192. The molecule has 0 aromatic heterocycles. The Balaban J connectivity index is 2.06. The van der Waals surface area contributed by atoms with Crippen LogP contribution >= 0.6 is 0 Å². The predicted octanol–water partition coefficient (Wildman–Crippen LogP) is 4.04. The maximum Gasteiger partial charge on any atom is 0.161 e. The molecule has 0 radical (unpaired) electrons. The number of nitrogens with zero attached hydrogens (tertiary/aromatic N) is 1. The molecule has 4 heteroatoms. The van der Waals surface area contributed by atoms with Gasteiger partial charge in [-0.25, -0.2) is 0 Å². The first kappa shape index (κ1) is 14.9. The molecule has 0 bridgehead atoms. The van der Waals surface area contributed by atoms with Crippen molar-refractivity contribution in [3.8, 4) is 11.5 Å². The fraction of sp³-hybridized carbons (Fsp3) is 0.500. The van der Waals surface area contributed by atoms with Gasteiger partial charge in [0.1, 0.15) is 5.84 Å². The van der Waals surface area contributed by atoms with Gasteiger partial charge < -0.3 is 14.4 Å². The molecule has 1 spiro atoms. The Morgan fingerprint density at radius 3 is 2.32 bits per heavy atom. The molecule has 1 N–H and O–H groups in total. The van der Waals surface area contributed by atoms with E-state index in [1.54, 1.807) is 0 Å². The van der Waals surface area contributed by atoms with E-state index in [2.05, 4.69) is 30.2 Å². The minimum Gasteiger partial charge on any atom is -0.490 e. The summed E-state index contributed by atoms with van der Waals surface area (Å²) in [5.41, 5.74) is 2.17. The molecule has 1 aromatic rings. The first-order chi connectivity index (χ1) is 10.7. The number of amidine groups is 1. The maximum absolute atomic E-state index is 8.54. The van der Waals surface area contributed by atoms with E-state index in [4.69, 9.17) is 14.9 Å². The molecular formula is C18H24N2O2. The number of hydrogen-bond donors (Lipinski definition) is 1. The number of rotatable bonds is 6. The van der Waals surface area contributed by atoms with Crippen LogP contribution in [0.25, 0.3) is 0 Å². The van der Waals surface area contributed by atoms with Crippen LogP contribution in [-0.4, -0.2) is 23.9 Å². The zero-order valence-electron chi connectivity index (χ0n) is 13.6. The molecule has 1 fully saturated rings. The topological polar surface area (TPSA) is 45.6 Å². The highest BCUT2D eigenvalue weighted by atomic mass is 16.5. The van der Waals surface area contributed by atoms with Crippen molar-refractivity contribution < 1.29 is 9.47 Å². The van der Waals surface area contributed by atoms with Gasteiger partial charge in [0, 0.05) is 11.8 Å². The Morgan fingerprint density at radius 2 is 1.77 bits per heavy atom. The number of fused-ring (bicyclic) bond motifs is 2. The van der Waals surface area contributed by atoms with E-state index in [0.717, 1.165) is 36.3 Å². The molecule has 4 nitrogen and oxygen atoms in total. The van der Waals surface area contributed by atoms with Gasteiger partial charge in [-0.05, 0) is 50.8 Å². The lowest BCUT2D eigenvalue weighted by Crippen LogP contribution is -2.27. The summed E-state index contributed by atoms with van der Waals surface area (Å²) < 4.78 is 11.5. The third-order valence-electron chi connectivity index (χ3n) is 4.36. The Kier molecular flexibility index (Phi) is 3.85. The molecule has 3 rings (SSSR count). The summed E-state index contributed by atoms with van der Waals surface area (Å²) in [5, 5.41) is 8.54. The Morgan fingerprint density at radius 1 is 1.14 bits per heavy atom. The SMILES string of the molecule is CCC=CN1C(=N)c2cc(OCC)c(OCC)cc2C12CC2. The number of hydrogen-bond acceptors (Lipinski definition) is 3. The molecule has 1 aliphatic heterocycles. The third-order valence-corrected chi connectivity index (χ3v) is 4.36. The summed E-state index contributed by atoms with van der Waals surface area (Å²) in [5.74, 6) is 2.11. The van der Waals surface area contributed by atoms with Gasteiger partial charge >= 0.3 is 0 Å². The highest BCUT2D eigenvalue weighted by molar-refractivity contribution is 6.03. The zero-order chi connectivity index (χ0) is 15.7. The molecule has 1 aromatic carbocycles. The van der Waals surface area contributed by atoms with E-state index < -0.39 is 0 Å². The van der Waals surface area contributed by atoms with Crippen LogP contribution in [0.1, 0.15) is 51.2 Å². The largest absolute Gasteiger partial charge is 0.490 e. The van der Waals surface area contributed by atoms with E-state index in [9.17, 15) is 0 Å². The van der Waals surface area contributed by atoms with E-state index in [0.29, 0.717) is 19.0 Å². The summed E-state index contributed by atoms with van der Waals surface area (Å²) in [4.78, 5) is 2.12. The summed E-state index contributed by atoms with van der Waals surface area (Å²) in [6, 6.07) is 4.07. The number of allylic oxidation sites excluding steroid dienone is 1. The van der Waals surface area contributed by atoms with Crippen LogP contribution in [0, 0.1) is 5.41 Å². The second-order valence-corrected chi connectivity index (χ2v) is 5.75. The lowest BCUT2D eigenvalue weighted by atomic mass is 10.0. The van der Waals surface area contributed by atoms with Crippen LogP contribution in [-0.2, 0) is 5.54 Å². The molecular weight excluding hydrogens is 276 g/mol. The van der Waals surface area contributed by atoms with Crippen molar-refractivity contribution in [3.05, 3.63) is 35.5 Å². The second kappa shape index (κ2) is 5.67. The summed E-state index contributed by atoms with van der Waals surface area (Å²) >= 11 is 0. The van der Waals surface area contributed by atoms with Gasteiger partial charge in [0.2, 0.25) is 0 Å². The number of benzene rings is 1. The van der Waals surface area contributed by atoms with Crippen molar-refractivity contribution in [1.29, 1.82) is 5.41 Å². The van der Waals surface area contributed by atoms with Crippen LogP contribution in [0.4, 0.5) is 0 Å². The molecule has 2 aliphatic rings. The Hall–Kier alpha value is -1.97. The Bertz CT molecular complexity index is 618. The fourth-order valence-corrected chi connectivity index (χ4v) is 3.21. The van der Waals surface area contributed by atoms with Gasteiger partial charge in [-0.2, -0.15) is 0 Å². The van der Waals surface area contributed by atoms with Crippen molar-refractivity contribution in [2.45, 2.75) is 45.6 Å². The van der Waals surface area contributed by atoms with Gasteiger partial charge in [-0.1, -0.05) is 13.0 Å². The van der Waals surface area contributed by atoms with Crippen molar-refractivity contribution in [2.75, 3.05) is 13.2 Å². The normalized spacial score (nSPS) is 18.1. The fourth-order valence-electron chi connectivity index (χ4n) is 3.21. The van der Waals surface area contributed by atoms with Crippen LogP contribution in [0.15, 0.2) is 24.4 Å². The molecule has 0 atom stereocenters. The number of ether oxygens (including phenoxy) is 2. The van der Waals surface area contributed by atoms with Crippen LogP contribution in [0.3, 0.4) is 0 Å². The average molecular weight is 300 g/mol. The highest BCUT2D eigenvalue weighted by Crippen LogP contribution is 2.58. The van der Waals surface area contributed by atoms with Gasteiger partial charge in [-0.15, -0.1) is 0 Å². The minimum atomic E-state index is -0.0192. The van der Waals surface area contributed by atoms with Crippen LogP contribution < -0.4 is 9.47 Å². The molecule has 1 aliphatic carbocycles. The van der Waals surface area contributed by atoms with E-state index in [-0.39, 0.29) is 5.54 Å². The smallest absolute Gasteiger partial charge is 0.161 e. The molecule has 0 saturated heterocycles. The lowest BCUT2D eigenvalue weighted by Gasteiger charge is -2.22. The third kappa shape index (κ3) is 2.18. The van der Waals surface area contributed by atoms with E-state index >= 15 is 0 Å². The summed E-state index contributed by atoms with van der Waals surface area (Å²) in [6.45, 7) is 7.27. The van der Waals surface area contributed by atoms with Crippen molar-refractivity contribution in [1.82, 2.24) is 4.90 Å². The zero-order valence-corrected chi connectivity index (χ0v) is 13.6. The number of nitrogens with one attached hydrogen (secondary N) is 1. The molecule has 1 heterocycles. The first-order valence-electron chi connectivity index (χ1n) is 8.17. The van der Waals surface area contributed by atoms with Gasteiger partial charge in [0.05, 0.1) is 18.8 Å². The first-order valence-corrected chi connectivity index (χ1v) is 8.17. The molecule has 118 valence electrons. The highest BCUT2D eigenvalue weighted by Gasteiger charge is 2.56. The van der Waals surface area contributed by atoms with Crippen molar-refractivity contribution >= 4 is 5.84 Å². The van der Waals surface area contributed by atoms with E-state index in [1.807, 2.05) is 19.9 Å².